The third-order valence-corrected chi connectivity index (χ3v) is 7.64. The van der Waals surface area contributed by atoms with E-state index in [1.54, 1.807) is 26.2 Å². The molecule has 1 amide bonds. The summed E-state index contributed by atoms with van der Waals surface area (Å²) in [7, 11) is -0.826. The van der Waals surface area contributed by atoms with Gasteiger partial charge in [-0.3, -0.25) is 4.79 Å². The molecule has 0 spiro atoms. The van der Waals surface area contributed by atoms with Crippen molar-refractivity contribution in [2.75, 3.05) is 27.3 Å². The van der Waals surface area contributed by atoms with E-state index in [4.69, 9.17) is 9.47 Å². The van der Waals surface area contributed by atoms with Crippen molar-refractivity contribution in [1.29, 1.82) is 0 Å². The summed E-state index contributed by atoms with van der Waals surface area (Å²) in [6, 6.07) is 21.3. The molecule has 7 nitrogen and oxygen atoms in total. The van der Waals surface area contributed by atoms with Crippen LogP contribution in [-0.4, -0.2) is 45.9 Å². The number of carbonyl (C=O) groups excluding carboxylic acids is 1. The molecule has 0 aromatic heterocycles. The van der Waals surface area contributed by atoms with Gasteiger partial charge in [-0.05, 0) is 55.7 Å². The molecule has 35 heavy (non-hydrogen) atoms. The minimum Gasteiger partial charge on any atom is -0.496 e. The Morgan fingerprint density at radius 3 is 2.26 bits per heavy atom. The predicted molar refractivity (Wildman–Crippen MR) is 136 cm³/mol. The number of carbonyl (C=O) groups is 1. The van der Waals surface area contributed by atoms with Crippen LogP contribution in [0.25, 0.3) is 0 Å². The first-order chi connectivity index (χ1) is 16.8. The van der Waals surface area contributed by atoms with Crippen LogP contribution in [0.3, 0.4) is 0 Å². The second kappa shape index (κ2) is 11.9. The molecule has 0 saturated heterocycles. The minimum atomic E-state index is -3.93. The Kier molecular flexibility index (Phi) is 8.89. The number of ether oxygens (including phenoxy) is 2. The van der Waals surface area contributed by atoms with Gasteiger partial charge in [0, 0.05) is 12.1 Å². The maximum absolute atomic E-state index is 13.6. The summed E-state index contributed by atoms with van der Waals surface area (Å²) in [5, 5.41) is 2.91. The van der Waals surface area contributed by atoms with E-state index in [9.17, 15) is 13.2 Å². The fourth-order valence-electron chi connectivity index (χ4n) is 3.89. The lowest BCUT2D eigenvalue weighted by molar-refractivity contribution is -0.121. The number of para-hydroxylation sites is 1. The fraction of sp³-hybridized carbons (Fsp3) is 0.296. The van der Waals surface area contributed by atoms with E-state index in [1.165, 1.54) is 17.5 Å². The third kappa shape index (κ3) is 6.61. The van der Waals surface area contributed by atoms with Crippen LogP contribution in [0.15, 0.2) is 77.7 Å². The van der Waals surface area contributed by atoms with Crippen LogP contribution in [0.5, 0.6) is 11.5 Å². The van der Waals surface area contributed by atoms with Crippen LogP contribution in [0, 0.1) is 6.92 Å². The Morgan fingerprint density at radius 1 is 0.943 bits per heavy atom. The van der Waals surface area contributed by atoms with Gasteiger partial charge in [-0.2, -0.15) is 4.31 Å². The number of amides is 1. The summed E-state index contributed by atoms with van der Waals surface area (Å²) in [5.74, 6) is 0.857. The van der Waals surface area contributed by atoms with Crippen LogP contribution in [-0.2, 0) is 21.2 Å². The maximum Gasteiger partial charge on any atom is 0.243 e. The Labute approximate surface area is 207 Å². The highest BCUT2D eigenvalue weighted by Gasteiger charge is 2.28. The summed E-state index contributed by atoms with van der Waals surface area (Å²) in [5.41, 5.74) is 2.50. The van der Waals surface area contributed by atoms with Crippen LogP contribution in [0.1, 0.15) is 29.7 Å². The van der Waals surface area contributed by atoms with Gasteiger partial charge in [0.1, 0.15) is 11.5 Å². The smallest absolute Gasteiger partial charge is 0.243 e. The van der Waals surface area contributed by atoms with Crippen LogP contribution >= 0.6 is 0 Å². The Hall–Kier alpha value is -3.36. The second-order valence-electron chi connectivity index (χ2n) is 8.24. The number of benzene rings is 3. The molecular weight excluding hydrogens is 464 g/mol. The molecule has 1 N–H and O–H groups in total. The molecule has 0 aliphatic heterocycles. The quantitative estimate of drug-likeness (QED) is 0.432. The van der Waals surface area contributed by atoms with Gasteiger partial charge >= 0.3 is 0 Å². The molecule has 0 unspecified atom stereocenters. The Morgan fingerprint density at radius 2 is 1.60 bits per heavy atom. The molecular formula is C27H32N2O5S. The van der Waals surface area contributed by atoms with Gasteiger partial charge in [0.2, 0.25) is 15.9 Å². The summed E-state index contributed by atoms with van der Waals surface area (Å²) in [6.07, 6.45) is 0.477. The van der Waals surface area contributed by atoms with Gasteiger partial charge in [0.25, 0.3) is 0 Å². The van der Waals surface area contributed by atoms with Gasteiger partial charge in [-0.25, -0.2) is 8.42 Å². The molecule has 3 aromatic rings. The van der Waals surface area contributed by atoms with Gasteiger partial charge in [0.15, 0.2) is 0 Å². The standard InChI is InChI=1S/C27H32N2O5S/c1-20-18-23(14-15-25(20)33-3)35(31,32)29(17-16-22-10-6-5-7-11-22)19-27(30)28-21(2)24-12-8-9-13-26(24)34-4/h5-15,18,21H,16-17,19H2,1-4H3,(H,28,30)/t21-/m1/s1. The first-order valence-corrected chi connectivity index (χ1v) is 12.8. The summed E-state index contributed by atoms with van der Waals surface area (Å²) in [6.45, 7) is 3.48. The minimum absolute atomic E-state index is 0.120. The van der Waals surface area contributed by atoms with Crippen molar-refractivity contribution in [2.45, 2.75) is 31.2 Å². The van der Waals surface area contributed by atoms with Gasteiger partial charge in [-0.15, -0.1) is 0 Å². The number of rotatable bonds is 11. The van der Waals surface area contributed by atoms with E-state index in [2.05, 4.69) is 5.32 Å². The third-order valence-electron chi connectivity index (χ3n) is 5.80. The SMILES string of the molecule is COc1ccc(S(=O)(=O)N(CCc2ccccc2)CC(=O)N[C@H](C)c2ccccc2OC)cc1C. The molecule has 0 saturated carbocycles. The van der Waals surface area contributed by atoms with E-state index in [1.807, 2.05) is 61.5 Å². The number of hydrogen-bond donors (Lipinski definition) is 1. The lowest BCUT2D eigenvalue weighted by Gasteiger charge is -2.24. The number of sulfonamides is 1. The van der Waals surface area contributed by atoms with E-state index >= 15 is 0 Å². The van der Waals surface area contributed by atoms with Gasteiger partial charge in [-0.1, -0.05) is 48.5 Å². The lowest BCUT2D eigenvalue weighted by Crippen LogP contribution is -2.42. The highest BCUT2D eigenvalue weighted by atomic mass is 32.2. The topological polar surface area (TPSA) is 84.9 Å². The van der Waals surface area contributed by atoms with Crippen molar-refractivity contribution in [3.8, 4) is 11.5 Å². The Balaban J connectivity index is 1.83. The summed E-state index contributed by atoms with van der Waals surface area (Å²) < 4.78 is 39.0. The second-order valence-corrected chi connectivity index (χ2v) is 10.2. The number of nitrogens with one attached hydrogen (secondary N) is 1. The predicted octanol–water partition coefficient (Wildman–Crippen LogP) is 4.12. The zero-order valence-electron chi connectivity index (χ0n) is 20.5. The number of aryl methyl sites for hydroxylation is 1. The molecule has 3 aromatic carbocycles. The fourth-order valence-corrected chi connectivity index (χ4v) is 5.38. The zero-order valence-corrected chi connectivity index (χ0v) is 21.3. The number of nitrogens with zero attached hydrogens (tertiary/aromatic N) is 1. The number of hydrogen-bond acceptors (Lipinski definition) is 5. The monoisotopic (exact) mass is 496 g/mol. The molecule has 0 heterocycles. The van der Waals surface area contributed by atoms with Crippen LogP contribution in [0.2, 0.25) is 0 Å². The van der Waals surface area contributed by atoms with Crippen LogP contribution in [0.4, 0.5) is 0 Å². The molecule has 0 fully saturated rings. The van der Waals surface area contributed by atoms with E-state index < -0.39 is 15.9 Å². The van der Waals surface area contributed by atoms with Crippen molar-refractivity contribution in [2.24, 2.45) is 0 Å². The van der Waals surface area contributed by atoms with E-state index in [0.717, 1.165) is 11.1 Å². The van der Waals surface area contributed by atoms with Crippen molar-refractivity contribution in [1.82, 2.24) is 9.62 Å². The highest BCUT2D eigenvalue weighted by molar-refractivity contribution is 7.89. The zero-order chi connectivity index (χ0) is 25.4. The first-order valence-electron chi connectivity index (χ1n) is 11.4. The lowest BCUT2D eigenvalue weighted by atomic mass is 10.1. The van der Waals surface area contributed by atoms with Gasteiger partial charge < -0.3 is 14.8 Å². The van der Waals surface area contributed by atoms with Crippen molar-refractivity contribution < 1.29 is 22.7 Å². The average molecular weight is 497 g/mol. The normalized spacial score (nSPS) is 12.3. The molecule has 3 rings (SSSR count). The highest BCUT2D eigenvalue weighted by Crippen LogP contribution is 2.26. The Bertz CT molecular complexity index is 1250. The average Bonchev–Trinajstić information content (AvgIpc) is 2.86. The molecule has 186 valence electrons. The molecule has 0 radical (unpaired) electrons. The van der Waals surface area contributed by atoms with Crippen molar-refractivity contribution in [3.05, 3.63) is 89.5 Å². The molecule has 0 aliphatic rings. The maximum atomic E-state index is 13.6. The molecule has 0 bridgehead atoms. The molecule has 1 atom stereocenters. The molecule has 0 aliphatic carbocycles. The largest absolute Gasteiger partial charge is 0.496 e. The van der Waals surface area contributed by atoms with Crippen LogP contribution < -0.4 is 14.8 Å². The molecule has 8 heteroatoms. The first kappa shape index (κ1) is 26.2. The van der Waals surface area contributed by atoms with E-state index in [-0.39, 0.29) is 24.0 Å². The number of methoxy groups -OCH3 is 2. The summed E-state index contributed by atoms with van der Waals surface area (Å²) >= 11 is 0. The van der Waals surface area contributed by atoms with Gasteiger partial charge in [0.05, 0.1) is 31.7 Å². The van der Waals surface area contributed by atoms with E-state index in [0.29, 0.717) is 23.5 Å². The van der Waals surface area contributed by atoms with Crippen molar-refractivity contribution >= 4 is 15.9 Å². The van der Waals surface area contributed by atoms with Crippen molar-refractivity contribution in [3.63, 3.8) is 0 Å². The summed E-state index contributed by atoms with van der Waals surface area (Å²) in [4.78, 5) is 13.1.